The van der Waals surface area contributed by atoms with Crippen LogP contribution in [0.3, 0.4) is 0 Å². The highest BCUT2D eigenvalue weighted by molar-refractivity contribution is 6.48. The lowest BCUT2D eigenvalue weighted by Crippen LogP contribution is -2.58. The van der Waals surface area contributed by atoms with E-state index in [2.05, 4.69) is 20.8 Å². The minimum atomic E-state index is -1.26. The molecule has 4 N–H and O–H groups in total. The van der Waals surface area contributed by atoms with Gasteiger partial charge in [-0.1, -0.05) is 36.8 Å². The molecule has 2 amide bonds. The molecule has 10 nitrogen and oxygen atoms in total. The first-order chi connectivity index (χ1) is 19.3. The summed E-state index contributed by atoms with van der Waals surface area (Å²) in [5.74, 6) is -1.58. The molecule has 4 rings (SSSR count). The minimum absolute atomic E-state index is 0.0490. The van der Waals surface area contributed by atoms with Crippen LogP contribution < -0.4 is 21.1 Å². The molecule has 0 saturated carbocycles. The van der Waals surface area contributed by atoms with Gasteiger partial charge in [0, 0.05) is 42.5 Å². The third-order valence-corrected chi connectivity index (χ3v) is 6.93. The van der Waals surface area contributed by atoms with E-state index in [1.807, 2.05) is 13.8 Å². The van der Waals surface area contributed by atoms with Crippen LogP contribution >= 0.6 is 23.2 Å². The van der Waals surface area contributed by atoms with E-state index in [-0.39, 0.29) is 51.2 Å². The van der Waals surface area contributed by atoms with Gasteiger partial charge in [0.15, 0.2) is 17.3 Å². The Kier molecular flexibility index (Phi) is 9.38. The van der Waals surface area contributed by atoms with Crippen molar-refractivity contribution in [2.75, 3.05) is 30.7 Å². The number of hydrogen-bond acceptors (Lipinski definition) is 8. The normalized spacial score (nSPS) is 15.2. The standard InChI is InChI=1S/C27H30BCl2FN6O4/c1-27(2)14-37(12-11-33-27)25(39)15-5-7-16(8-6-15)34-24(38)19-13-20(23(32)36-35-19)40-26(41-28(3)4)21-17(29)9-10-18(31)22(21)30/h5-10,13,26,33H,11-12,14H2,1-4H3,(H2,32,36)(H,34,38)/t26-/m1/s1. The van der Waals surface area contributed by atoms with Gasteiger partial charge in [-0.3, -0.25) is 9.59 Å². The van der Waals surface area contributed by atoms with E-state index in [0.29, 0.717) is 30.9 Å². The van der Waals surface area contributed by atoms with Crippen molar-refractivity contribution >= 4 is 53.4 Å². The summed E-state index contributed by atoms with van der Waals surface area (Å²) in [6.45, 7) is 9.13. The molecule has 216 valence electrons. The van der Waals surface area contributed by atoms with Gasteiger partial charge in [0.1, 0.15) is 5.82 Å². The molecule has 2 aromatic carbocycles. The number of carbonyl (C=O) groups excluding carboxylic acids is 2. The van der Waals surface area contributed by atoms with Crippen molar-refractivity contribution < 1.29 is 23.4 Å². The smallest absolute Gasteiger partial charge is 0.292 e. The monoisotopic (exact) mass is 602 g/mol. The molecule has 1 aromatic heterocycles. The van der Waals surface area contributed by atoms with Crippen LogP contribution in [0.5, 0.6) is 5.75 Å². The topological polar surface area (TPSA) is 132 Å². The van der Waals surface area contributed by atoms with Crippen LogP contribution in [0.1, 0.15) is 46.5 Å². The van der Waals surface area contributed by atoms with Crippen molar-refractivity contribution in [3.8, 4) is 5.75 Å². The Bertz CT molecular complexity index is 1440. The van der Waals surface area contributed by atoms with Crippen LogP contribution in [0.25, 0.3) is 0 Å². The Balaban J connectivity index is 1.50. The summed E-state index contributed by atoms with van der Waals surface area (Å²) in [5, 5.41) is 13.6. The van der Waals surface area contributed by atoms with Gasteiger partial charge in [-0.25, -0.2) is 4.39 Å². The van der Waals surface area contributed by atoms with Crippen LogP contribution in [0.15, 0.2) is 42.5 Å². The molecule has 0 bridgehead atoms. The van der Waals surface area contributed by atoms with Gasteiger partial charge in [0.25, 0.3) is 18.7 Å². The van der Waals surface area contributed by atoms with Crippen molar-refractivity contribution in [3.05, 3.63) is 75.1 Å². The van der Waals surface area contributed by atoms with Crippen molar-refractivity contribution in [2.45, 2.75) is 39.3 Å². The van der Waals surface area contributed by atoms with Crippen LogP contribution in [0, 0.1) is 5.82 Å². The number of ether oxygens (including phenoxy) is 1. The number of hydrogen-bond donors (Lipinski definition) is 3. The van der Waals surface area contributed by atoms with Gasteiger partial charge in [0.2, 0.25) is 6.29 Å². The lowest BCUT2D eigenvalue weighted by Gasteiger charge is -2.39. The van der Waals surface area contributed by atoms with E-state index in [1.54, 1.807) is 42.8 Å². The van der Waals surface area contributed by atoms with Crippen LogP contribution in [-0.4, -0.2) is 59.0 Å². The van der Waals surface area contributed by atoms with E-state index in [4.69, 9.17) is 38.3 Å². The second kappa shape index (κ2) is 12.6. The number of nitrogens with zero attached hydrogens (tertiary/aromatic N) is 3. The number of nitrogen functional groups attached to an aromatic ring is 1. The maximum atomic E-state index is 14.2. The Labute approximate surface area is 247 Å². The van der Waals surface area contributed by atoms with Gasteiger partial charge in [-0.2, -0.15) is 0 Å². The van der Waals surface area contributed by atoms with Crippen LogP contribution in [0.4, 0.5) is 15.9 Å². The van der Waals surface area contributed by atoms with Gasteiger partial charge >= 0.3 is 0 Å². The maximum absolute atomic E-state index is 14.2. The number of nitrogens with one attached hydrogen (secondary N) is 2. The predicted molar refractivity (Wildman–Crippen MR) is 157 cm³/mol. The van der Waals surface area contributed by atoms with Crippen molar-refractivity contribution in [1.82, 2.24) is 20.4 Å². The third kappa shape index (κ3) is 7.45. The average molecular weight is 603 g/mol. The summed E-state index contributed by atoms with van der Waals surface area (Å²) < 4.78 is 25.9. The Morgan fingerprint density at radius 3 is 2.54 bits per heavy atom. The quantitative estimate of drug-likeness (QED) is 0.188. The van der Waals surface area contributed by atoms with E-state index in [0.717, 1.165) is 6.07 Å². The highest BCUT2D eigenvalue weighted by atomic mass is 35.5. The molecule has 1 aliphatic rings. The van der Waals surface area contributed by atoms with E-state index < -0.39 is 18.0 Å². The summed E-state index contributed by atoms with van der Waals surface area (Å²) in [4.78, 5) is 27.7. The fraction of sp³-hybridized carbons (Fsp3) is 0.333. The number of amides is 2. The molecule has 0 spiro atoms. The number of carbonyl (C=O) groups is 2. The molecular formula is C27H30BCl2FN6O4. The molecule has 1 fully saturated rings. The Hall–Kier alpha value is -3.45. The maximum Gasteiger partial charge on any atom is 0.292 e. The SMILES string of the molecule is CB(C)O[C@@H](Oc1cc(C(=O)Nc2ccc(C(=O)N3CCNC(C)(C)C3)cc2)nnc1N)c1c(Cl)ccc(F)c1Cl. The molecule has 1 saturated heterocycles. The highest BCUT2D eigenvalue weighted by Crippen LogP contribution is 2.37. The van der Waals surface area contributed by atoms with Crippen LogP contribution in [-0.2, 0) is 4.65 Å². The second-order valence-electron chi connectivity index (χ2n) is 10.4. The summed E-state index contributed by atoms with van der Waals surface area (Å²) >= 11 is 12.5. The number of piperazine rings is 1. The summed E-state index contributed by atoms with van der Waals surface area (Å²) in [5.41, 5.74) is 6.69. The number of benzene rings is 2. The fourth-order valence-electron chi connectivity index (χ4n) is 4.25. The first-order valence-electron chi connectivity index (χ1n) is 12.9. The first-order valence-corrected chi connectivity index (χ1v) is 13.6. The molecular weight excluding hydrogens is 573 g/mol. The predicted octanol–water partition coefficient (Wildman–Crippen LogP) is 4.93. The lowest BCUT2D eigenvalue weighted by atomic mass is 9.75. The molecule has 3 aromatic rings. The third-order valence-electron chi connectivity index (χ3n) is 6.21. The average Bonchev–Trinajstić information content (AvgIpc) is 2.91. The summed E-state index contributed by atoms with van der Waals surface area (Å²) in [6, 6.07) is 10.3. The number of rotatable bonds is 8. The van der Waals surface area contributed by atoms with E-state index in [9.17, 15) is 14.0 Å². The number of nitrogens with two attached hydrogens (primary N) is 1. The lowest BCUT2D eigenvalue weighted by molar-refractivity contribution is 0.00249. The Morgan fingerprint density at radius 2 is 1.88 bits per heavy atom. The molecule has 1 atom stereocenters. The molecule has 0 aliphatic carbocycles. The van der Waals surface area contributed by atoms with Crippen LogP contribution in [0.2, 0.25) is 23.7 Å². The zero-order valence-corrected chi connectivity index (χ0v) is 24.5. The highest BCUT2D eigenvalue weighted by Gasteiger charge is 2.29. The largest absolute Gasteiger partial charge is 0.458 e. The second-order valence-corrected chi connectivity index (χ2v) is 11.2. The van der Waals surface area contributed by atoms with E-state index in [1.165, 1.54) is 12.1 Å². The summed E-state index contributed by atoms with van der Waals surface area (Å²) in [6.07, 6.45) is -1.26. The molecule has 2 heterocycles. The molecule has 1 aliphatic heterocycles. The summed E-state index contributed by atoms with van der Waals surface area (Å²) in [7, 11) is 0. The molecule has 0 radical (unpaired) electrons. The van der Waals surface area contributed by atoms with Gasteiger partial charge in [-0.05, 0) is 50.2 Å². The zero-order chi connectivity index (χ0) is 29.9. The number of aromatic nitrogens is 2. The van der Waals surface area contributed by atoms with Crippen molar-refractivity contribution in [2.24, 2.45) is 0 Å². The molecule has 41 heavy (non-hydrogen) atoms. The number of halogens is 3. The Morgan fingerprint density at radius 1 is 1.17 bits per heavy atom. The van der Waals surface area contributed by atoms with E-state index >= 15 is 0 Å². The van der Waals surface area contributed by atoms with Crippen molar-refractivity contribution in [1.29, 1.82) is 0 Å². The van der Waals surface area contributed by atoms with Gasteiger partial charge in [0.05, 0.1) is 15.6 Å². The zero-order valence-electron chi connectivity index (χ0n) is 23.0. The van der Waals surface area contributed by atoms with Crippen molar-refractivity contribution in [3.63, 3.8) is 0 Å². The number of anilines is 2. The van der Waals surface area contributed by atoms with Gasteiger partial charge in [-0.15, -0.1) is 10.2 Å². The molecule has 0 unspecified atom stereocenters. The molecule has 14 heteroatoms. The first kappa shape index (κ1) is 30.5. The van der Waals surface area contributed by atoms with Gasteiger partial charge < -0.3 is 30.7 Å². The minimum Gasteiger partial charge on any atom is -0.458 e. The fourth-order valence-corrected chi connectivity index (χ4v) is 4.80.